The highest BCUT2D eigenvalue weighted by Gasteiger charge is 2.19. The van der Waals surface area contributed by atoms with E-state index in [0.29, 0.717) is 23.6 Å². The highest BCUT2D eigenvalue weighted by atomic mass is 19.1. The number of aryl methyl sites for hydroxylation is 1. The SMILES string of the molecule is C[C@@H](O)c1cc2n(n1)CCCN(Cc1ccc(-c3ccccc3F)o1)C2. The predicted molar refractivity (Wildman–Crippen MR) is 95.7 cm³/mol. The van der Waals surface area contributed by atoms with Gasteiger partial charge in [0, 0.05) is 19.6 Å². The number of rotatable bonds is 4. The first-order valence-corrected chi connectivity index (χ1v) is 8.91. The van der Waals surface area contributed by atoms with Crippen LogP contribution in [0.25, 0.3) is 11.3 Å². The minimum Gasteiger partial charge on any atom is -0.460 e. The Hall–Kier alpha value is -2.44. The van der Waals surface area contributed by atoms with Gasteiger partial charge in [-0.1, -0.05) is 12.1 Å². The van der Waals surface area contributed by atoms with Gasteiger partial charge in [0.2, 0.25) is 0 Å². The molecule has 0 spiro atoms. The number of aliphatic hydroxyl groups excluding tert-OH is 1. The van der Waals surface area contributed by atoms with Crippen LogP contribution < -0.4 is 0 Å². The fourth-order valence-electron chi connectivity index (χ4n) is 3.38. The number of benzene rings is 1. The summed E-state index contributed by atoms with van der Waals surface area (Å²) in [4.78, 5) is 2.29. The predicted octanol–water partition coefficient (Wildman–Crippen LogP) is 3.74. The van der Waals surface area contributed by atoms with Gasteiger partial charge in [0.15, 0.2) is 0 Å². The standard InChI is InChI=1S/C20H22FN3O2/c1-14(25)19-11-15-12-23(9-4-10-24(15)22-19)13-16-7-8-20(26-16)17-5-2-3-6-18(17)21/h2-3,5-8,11,14,25H,4,9-10,12-13H2,1H3/t14-/m1/s1. The third-order valence-electron chi connectivity index (χ3n) is 4.72. The van der Waals surface area contributed by atoms with Crippen LogP contribution in [-0.4, -0.2) is 26.3 Å². The summed E-state index contributed by atoms with van der Waals surface area (Å²) < 4.78 is 21.8. The number of fused-ring (bicyclic) bond motifs is 1. The topological polar surface area (TPSA) is 54.4 Å². The van der Waals surface area contributed by atoms with Gasteiger partial charge in [0.05, 0.1) is 29.6 Å². The van der Waals surface area contributed by atoms with Crippen molar-refractivity contribution >= 4 is 0 Å². The monoisotopic (exact) mass is 355 g/mol. The third kappa shape index (κ3) is 3.43. The summed E-state index contributed by atoms with van der Waals surface area (Å²) in [5.74, 6) is 1.08. The molecule has 0 saturated carbocycles. The van der Waals surface area contributed by atoms with E-state index in [1.807, 2.05) is 22.9 Å². The molecule has 1 N–H and O–H groups in total. The maximum Gasteiger partial charge on any atom is 0.137 e. The van der Waals surface area contributed by atoms with Crippen LogP contribution in [0.15, 0.2) is 46.9 Å². The minimum absolute atomic E-state index is 0.280. The van der Waals surface area contributed by atoms with Crippen molar-refractivity contribution in [2.45, 2.75) is 39.1 Å². The highest BCUT2D eigenvalue weighted by molar-refractivity contribution is 5.58. The summed E-state index contributed by atoms with van der Waals surface area (Å²) in [6.45, 7) is 4.91. The zero-order valence-electron chi connectivity index (χ0n) is 14.7. The van der Waals surface area contributed by atoms with Crippen molar-refractivity contribution < 1.29 is 13.9 Å². The summed E-state index contributed by atoms with van der Waals surface area (Å²) in [6.07, 6.45) is 0.422. The molecule has 1 aliphatic heterocycles. The lowest BCUT2D eigenvalue weighted by Crippen LogP contribution is -2.22. The van der Waals surface area contributed by atoms with Crippen molar-refractivity contribution in [3.05, 3.63) is 65.4 Å². The Morgan fingerprint density at radius 2 is 2.08 bits per heavy atom. The molecule has 0 unspecified atom stereocenters. The molecule has 0 bridgehead atoms. The Balaban J connectivity index is 1.50. The van der Waals surface area contributed by atoms with Gasteiger partial charge < -0.3 is 9.52 Å². The first-order valence-electron chi connectivity index (χ1n) is 8.91. The maximum absolute atomic E-state index is 13.9. The van der Waals surface area contributed by atoms with Crippen molar-refractivity contribution in [1.29, 1.82) is 0 Å². The first kappa shape index (κ1) is 17.0. The van der Waals surface area contributed by atoms with Crippen molar-refractivity contribution in [2.75, 3.05) is 6.54 Å². The van der Waals surface area contributed by atoms with Crippen LogP contribution in [0.5, 0.6) is 0 Å². The Labute approximate surface area is 151 Å². The van der Waals surface area contributed by atoms with Crippen LogP contribution in [-0.2, 0) is 19.6 Å². The van der Waals surface area contributed by atoms with E-state index in [0.717, 1.165) is 37.5 Å². The maximum atomic E-state index is 13.9. The number of halogens is 1. The number of nitrogens with zero attached hydrogens (tertiary/aromatic N) is 3. The Kier molecular flexibility index (Phi) is 4.61. The van der Waals surface area contributed by atoms with Gasteiger partial charge >= 0.3 is 0 Å². The lowest BCUT2D eigenvalue weighted by atomic mass is 10.1. The molecule has 5 nitrogen and oxygen atoms in total. The van der Waals surface area contributed by atoms with E-state index in [-0.39, 0.29) is 5.82 Å². The molecule has 0 fully saturated rings. The van der Waals surface area contributed by atoms with Crippen LogP contribution in [0.1, 0.15) is 36.6 Å². The molecule has 1 atom stereocenters. The van der Waals surface area contributed by atoms with Crippen LogP contribution >= 0.6 is 0 Å². The molecule has 1 aliphatic rings. The lowest BCUT2D eigenvalue weighted by Gasteiger charge is -2.17. The fourth-order valence-corrected chi connectivity index (χ4v) is 3.38. The number of furan rings is 1. The summed E-state index contributed by atoms with van der Waals surface area (Å²) in [5, 5.41) is 14.2. The minimum atomic E-state index is -0.559. The second-order valence-electron chi connectivity index (χ2n) is 6.77. The molecule has 136 valence electrons. The van der Waals surface area contributed by atoms with Gasteiger partial charge in [0.1, 0.15) is 17.3 Å². The number of hydrogen-bond acceptors (Lipinski definition) is 4. The van der Waals surface area contributed by atoms with Gasteiger partial charge in [-0.25, -0.2) is 4.39 Å². The molecule has 1 aromatic carbocycles. The van der Waals surface area contributed by atoms with E-state index in [2.05, 4.69) is 10.00 Å². The quantitative estimate of drug-likeness (QED) is 0.775. The number of aromatic nitrogens is 2. The van der Waals surface area contributed by atoms with E-state index in [9.17, 15) is 9.50 Å². The van der Waals surface area contributed by atoms with E-state index in [1.54, 1.807) is 25.1 Å². The van der Waals surface area contributed by atoms with E-state index in [4.69, 9.17) is 4.42 Å². The van der Waals surface area contributed by atoms with Gasteiger partial charge in [-0.05, 0) is 43.7 Å². The third-order valence-corrected chi connectivity index (χ3v) is 4.72. The number of hydrogen-bond donors (Lipinski definition) is 1. The smallest absolute Gasteiger partial charge is 0.137 e. The van der Waals surface area contributed by atoms with Crippen molar-refractivity contribution in [1.82, 2.24) is 14.7 Å². The molecule has 0 amide bonds. The largest absolute Gasteiger partial charge is 0.460 e. The molecular weight excluding hydrogens is 333 g/mol. The normalized spacial score (nSPS) is 16.3. The molecule has 0 radical (unpaired) electrons. The van der Waals surface area contributed by atoms with Crippen LogP contribution in [0, 0.1) is 5.82 Å². The van der Waals surface area contributed by atoms with Crippen molar-refractivity contribution in [2.24, 2.45) is 0 Å². The second-order valence-corrected chi connectivity index (χ2v) is 6.77. The highest BCUT2D eigenvalue weighted by Crippen LogP contribution is 2.26. The van der Waals surface area contributed by atoms with Crippen LogP contribution in [0.3, 0.4) is 0 Å². The van der Waals surface area contributed by atoms with Gasteiger partial charge in [-0.2, -0.15) is 5.10 Å². The Bertz CT molecular complexity index is 900. The summed E-state index contributed by atoms with van der Waals surface area (Å²) >= 11 is 0. The van der Waals surface area contributed by atoms with E-state index >= 15 is 0 Å². The van der Waals surface area contributed by atoms with Crippen molar-refractivity contribution in [3.63, 3.8) is 0 Å². The summed E-state index contributed by atoms with van der Waals surface area (Å²) in [6, 6.07) is 12.3. The molecule has 3 heterocycles. The molecule has 0 aliphatic carbocycles. The molecule has 6 heteroatoms. The zero-order valence-corrected chi connectivity index (χ0v) is 14.7. The van der Waals surface area contributed by atoms with Gasteiger partial charge in [-0.3, -0.25) is 9.58 Å². The molecule has 3 aromatic rings. The van der Waals surface area contributed by atoms with Crippen molar-refractivity contribution in [3.8, 4) is 11.3 Å². The zero-order chi connectivity index (χ0) is 18.1. The van der Waals surface area contributed by atoms with Crippen LogP contribution in [0.4, 0.5) is 4.39 Å². The molecular formula is C20H22FN3O2. The lowest BCUT2D eigenvalue weighted by molar-refractivity contribution is 0.193. The second kappa shape index (κ2) is 7.05. The Morgan fingerprint density at radius 3 is 2.88 bits per heavy atom. The summed E-state index contributed by atoms with van der Waals surface area (Å²) in [5.41, 5.74) is 2.29. The van der Waals surface area contributed by atoms with Gasteiger partial charge in [0.25, 0.3) is 0 Å². The first-order chi connectivity index (χ1) is 12.6. The molecule has 26 heavy (non-hydrogen) atoms. The molecule has 0 saturated heterocycles. The molecule has 2 aromatic heterocycles. The fraction of sp³-hybridized carbons (Fsp3) is 0.350. The van der Waals surface area contributed by atoms with E-state index in [1.165, 1.54) is 6.07 Å². The number of aliphatic hydroxyl groups is 1. The average molecular weight is 355 g/mol. The van der Waals surface area contributed by atoms with Gasteiger partial charge in [-0.15, -0.1) is 0 Å². The van der Waals surface area contributed by atoms with E-state index < -0.39 is 6.10 Å². The molecule has 4 rings (SSSR count). The Morgan fingerprint density at radius 1 is 1.23 bits per heavy atom. The van der Waals surface area contributed by atoms with Crippen LogP contribution in [0.2, 0.25) is 0 Å². The average Bonchev–Trinajstić information content (AvgIpc) is 3.19. The summed E-state index contributed by atoms with van der Waals surface area (Å²) in [7, 11) is 0.